The van der Waals surface area contributed by atoms with Crippen LogP contribution >= 0.6 is 23.2 Å². The summed E-state index contributed by atoms with van der Waals surface area (Å²) in [5, 5.41) is 12.9. The van der Waals surface area contributed by atoms with Crippen molar-refractivity contribution in [1.29, 1.82) is 5.26 Å². The maximum Gasteiger partial charge on any atom is 0.262 e. The van der Waals surface area contributed by atoms with Crippen LogP contribution in [-0.4, -0.2) is 13.0 Å². The number of nitriles is 1. The first kappa shape index (κ1) is 22.3. The highest BCUT2D eigenvalue weighted by Crippen LogP contribution is 2.30. The molecule has 31 heavy (non-hydrogen) atoms. The average molecular weight is 457 g/mol. The maximum absolute atomic E-state index is 12.3. The topological polar surface area (TPSA) is 84.5 Å². The second-order valence-electron chi connectivity index (χ2n) is 6.38. The number of hydrogen-bond donors (Lipinski definition) is 1. The number of nitrogens with one attached hydrogen (secondary N) is 1. The summed E-state index contributed by atoms with van der Waals surface area (Å²) in [6, 6.07) is 15.7. The highest BCUT2D eigenvalue weighted by Gasteiger charge is 2.11. The SMILES string of the molecule is COc1cc(/C=C(\C#N)C(=O)NCc2ccco2)ccc1OCc1ccc(Cl)c(Cl)c1. The van der Waals surface area contributed by atoms with E-state index in [2.05, 4.69) is 5.32 Å². The molecule has 0 unspecified atom stereocenters. The summed E-state index contributed by atoms with van der Waals surface area (Å²) in [6.07, 6.45) is 2.99. The molecule has 0 saturated heterocycles. The second-order valence-corrected chi connectivity index (χ2v) is 7.19. The number of nitrogens with zero attached hydrogens (tertiary/aromatic N) is 1. The fourth-order valence-corrected chi connectivity index (χ4v) is 3.00. The van der Waals surface area contributed by atoms with Crippen LogP contribution in [-0.2, 0) is 17.9 Å². The van der Waals surface area contributed by atoms with E-state index in [9.17, 15) is 10.1 Å². The second kappa shape index (κ2) is 10.6. The summed E-state index contributed by atoms with van der Waals surface area (Å²) >= 11 is 12.0. The van der Waals surface area contributed by atoms with Crippen LogP contribution in [0.2, 0.25) is 10.0 Å². The third kappa shape index (κ3) is 6.05. The number of amides is 1. The van der Waals surface area contributed by atoms with Crippen LogP contribution in [0.15, 0.2) is 64.8 Å². The summed E-state index contributed by atoms with van der Waals surface area (Å²) in [7, 11) is 1.51. The molecular formula is C23H18Cl2N2O4. The van der Waals surface area contributed by atoms with Gasteiger partial charge in [0.15, 0.2) is 11.5 Å². The van der Waals surface area contributed by atoms with Gasteiger partial charge in [-0.3, -0.25) is 4.79 Å². The number of ether oxygens (including phenoxy) is 2. The standard InChI is InChI=1S/C23H18Cl2N2O4/c1-29-22-11-15(9-17(12-26)23(28)27-13-18-3-2-8-30-18)5-7-21(22)31-14-16-4-6-19(24)20(25)10-16/h2-11H,13-14H2,1H3,(H,27,28)/b17-9+. The van der Waals surface area contributed by atoms with Gasteiger partial charge in [0.2, 0.25) is 0 Å². The number of furan rings is 1. The predicted octanol–water partition coefficient (Wildman–Crippen LogP) is 5.40. The van der Waals surface area contributed by atoms with Crippen molar-refractivity contribution in [2.45, 2.75) is 13.2 Å². The van der Waals surface area contributed by atoms with E-state index in [4.69, 9.17) is 37.1 Å². The Hall–Kier alpha value is -3.40. The molecule has 0 aliphatic heterocycles. The van der Waals surface area contributed by atoms with Crippen LogP contribution in [0.25, 0.3) is 6.08 Å². The van der Waals surface area contributed by atoms with Crippen molar-refractivity contribution >= 4 is 35.2 Å². The highest BCUT2D eigenvalue weighted by molar-refractivity contribution is 6.42. The number of hydrogen-bond acceptors (Lipinski definition) is 5. The minimum Gasteiger partial charge on any atom is -0.493 e. The van der Waals surface area contributed by atoms with Gasteiger partial charge in [0.25, 0.3) is 5.91 Å². The molecule has 158 valence electrons. The molecule has 1 heterocycles. The quantitative estimate of drug-likeness (QED) is 0.362. The van der Waals surface area contributed by atoms with Crippen LogP contribution in [0.5, 0.6) is 11.5 Å². The lowest BCUT2D eigenvalue weighted by atomic mass is 10.1. The van der Waals surface area contributed by atoms with Crippen LogP contribution in [0, 0.1) is 11.3 Å². The van der Waals surface area contributed by atoms with E-state index in [0.717, 1.165) is 5.56 Å². The van der Waals surface area contributed by atoms with E-state index in [0.29, 0.717) is 32.9 Å². The Bertz CT molecular complexity index is 1130. The smallest absolute Gasteiger partial charge is 0.262 e. The minimum absolute atomic E-state index is 0.0434. The Kier molecular flexibility index (Phi) is 7.60. The molecule has 3 rings (SSSR count). The fourth-order valence-electron chi connectivity index (χ4n) is 2.67. The first-order valence-electron chi connectivity index (χ1n) is 9.17. The van der Waals surface area contributed by atoms with Gasteiger partial charge in [-0.1, -0.05) is 35.3 Å². The largest absolute Gasteiger partial charge is 0.493 e. The molecule has 0 saturated carbocycles. The van der Waals surface area contributed by atoms with Gasteiger partial charge >= 0.3 is 0 Å². The zero-order valence-electron chi connectivity index (χ0n) is 16.5. The molecule has 2 aromatic carbocycles. The molecule has 0 radical (unpaired) electrons. The van der Waals surface area contributed by atoms with Crippen molar-refractivity contribution in [3.05, 3.63) is 87.3 Å². The Morgan fingerprint density at radius 1 is 1.16 bits per heavy atom. The van der Waals surface area contributed by atoms with Crippen molar-refractivity contribution in [2.24, 2.45) is 0 Å². The highest BCUT2D eigenvalue weighted by atomic mass is 35.5. The van der Waals surface area contributed by atoms with Gasteiger partial charge in [0.05, 0.1) is 30.0 Å². The Balaban J connectivity index is 1.70. The van der Waals surface area contributed by atoms with Crippen molar-refractivity contribution < 1.29 is 18.7 Å². The lowest BCUT2D eigenvalue weighted by Gasteiger charge is -2.12. The van der Waals surface area contributed by atoms with Gasteiger partial charge in [-0.25, -0.2) is 0 Å². The van der Waals surface area contributed by atoms with Gasteiger partial charge in [-0.15, -0.1) is 0 Å². The number of benzene rings is 2. The molecule has 8 heteroatoms. The molecule has 3 aromatic rings. The number of methoxy groups -OCH3 is 1. The summed E-state index contributed by atoms with van der Waals surface area (Å²) in [4.78, 5) is 12.3. The van der Waals surface area contributed by atoms with Gasteiger partial charge in [-0.2, -0.15) is 5.26 Å². The van der Waals surface area contributed by atoms with Crippen LogP contribution in [0.4, 0.5) is 0 Å². The number of rotatable bonds is 8. The van der Waals surface area contributed by atoms with Crippen LogP contribution < -0.4 is 14.8 Å². The number of carbonyl (C=O) groups excluding carboxylic acids is 1. The molecule has 0 aliphatic rings. The normalized spacial score (nSPS) is 11.0. The maximum atomic E-state index is 12.3. The molecule has 0 bridgehead atoms. The Morgan fingerprint density at radius 2 is 2.00 bits per heavy atom. The van der Waals surface area contributed by atoms with E-state index < -0.39 is 5.91 Å². The van der Waals surface area contributed by atoms with Gasteiger partial charge in [0, 0.05) is 0 Å². The molecule has 0 atom stereocenters. The summed E-state index contributed by atoms with van der Waals surface area (Å²) in [5.74, 6) is 1.06. The Morgan fingerprint density at radius 3 is 2.68 bits per heavy atom. The summed E-state index contributed by atoms with van der Waals surface area (Å²) < 4.78 is 16.4. The van der Waals surface area contributed by atoms with E-state index in [1.54, 1.807) is 42.5 Å². The van der Waals surface area contributed by atoms with E-state index in [1.165, 1.54) is 19.4 Å². The van der Waals surface area contributed by atoms with Crippen LogP contribution in [0.3, 0.4) is 0 Å². The molecule has 0 spiro atoms. The lowest BCUT2D eigenvalue weighted by Crippen LogP contribution is -2.23. The summed E-state index contributed by atoms with van der Waals surface area (Å²) in [6.45, 7) is 0.455. The molecule has 0 fully saturated rings. The van der Waals surface area contributed by atoms with Crippen molar-refractivity contribution in [3.8, 4) is 17.6 Å². The molecule has 0 aliphatic carbocycles. The van der Waals surface area contributed by atoms with Gasteiger partial charge < -0.3 is 19.2 Å². The average Bonchev–Trinajstić information content (AvgIpc) is 3.30. The molecular weight excluding hydrogens is 439 g/mol. The van der Waals surface area contributed by atoms with E-state index >= 15 is 0 Å². The van der Waals surface area contributed by atoms with Crippen molar-refractivity contribution in [2.75, 3.05) is 7.11 Å². The zero-order chi connectivity index (χ0) is 22.2. The molecule has 1 amide bonds. The predicted molar refractivity (Wildman–Crippen MR) is 118 cm³/mol. The first-order valence-corrected chi connectivity index (χ1v) is 9.93. The van der Waals surface area contributed by atoms with Crippen LogP contribution in [0.1, 0.15) is 16.9 Å². The minimum atomic E-state index is -0.502. The third-order valence-corrected chi connectivity index (χ3v) is 4.98. The van der Waals surface area contributed by atoms with E-state index in [-0.39, 0.29) is 18.7 Å². The van der Waals surface area contributed by atoms with Crippen molar-refractivity contribution in [3.63, 3.8) is 0 Å². The van der Waals surface area contributed by atoms with E-state index in [1.807, 2.05) is 12.1 Å². The van der Waals surface area contributed by atoms with Crippen molar-refractivity contribution in [1.82, 2.24) is 5.32 Å². The Labute approximate surface area is 189 Å². The first-order chi connectivity index (χ1) is 15.0. The van der Waals surface area contributed by atoms with Gasteiger partial charge in [-0.05, 0) is 53.6 Å². The molecule has 1 N–H and O–H groups in total. The number of halogens is 2. The third-order valence-electron chi connectivity index (χ3n) is 4.25. The lowest BCUT2D eigenvalue weighted by molar-refractivity contribution is -0.117. The van der Waals surface area contributed by atoms with Gasteiger partial charge in [0.1, 0.15) is 24.0 Å². The molecule has 6 nitrogen and oxygen atoms in total. The number of carbonyl (C=O) groups is 1. The summed E-state index contributed by atoms with van der Waals surface area (Å²) in [5.41, 5.74) is 1.42. The fraction of sp³-hybridized carbons (Fsp3) is 0.130. The zero-order valence-corrected chi connectivity index (χ0v) is 18.0. The molecule has 1 aromatic heterocycles. The monoisotopic (exact) mass is 456 g/mol.